The SMILES string of the molecule is CCC(N)C(=O)N1CCC(C)C(C)C1. The van der Waals surface area contributed by atoms with Crippen molar-refractivity contribution in [1.29, 1.82) is 0 Å². The molecule has 82 valence electrons. The van der Waals surface area contributed by atoms with Crippen molar-refractivity contribution in [2.24, 2.45) is 17.6 Å². The van der Waals surface area contributed by atoms with E-state index in [-0.39, 0.29) is 11.9 Å². The van der Waals surface area contributed by atoms with Crippen LogP contribution < -0.4 is 5.73 Å². The largest absolute Gasteiger partial charge is 0.341 e. The van der Waals surface area contributed by atoms with Crippen molar-refractivity contribution >= 4 is 5.91 Å². The smallest absolute Gasteiger partial charge is 0.239 e. The van der Waals surface area contributed by atoms with E-state index in [4.69, 9.17) is 5.73 Å². The molecule has 1 rings (SSSR count). The van der Waals surface area contributed by atoms with Crippen LogP contribution in [0.2, 0.25) is 0 Å². The molecule has 0 radical (unpaired) electrons. The lowest BCUT2D eigenvalue weighted by Gasteiger charge is -2.36. The van der Waals surface area contributed by atoms with E-state index in [0.717, 1.165) is 31.8 Å². The van der Waals surface area contributed by atoms with Crippen LogP contribution in [0.5, 0.6) is 0 Å². The number of nitrogens with zero attached hydrogens (tertiary/aromatic N) is 1. The first-order valence-electron chi connectivity index (χ1n) is 5.60. The normalized spacial score (nSPS) is 30.1. The molecule has 0 saturated carbocycles. The maximum Gasteiger partial charge on any atom is 0.239 e. The van der Waals surface area contributed by atoms with Gasteiger partial charge in [-0.05, 0) is 24.7 Å². The van der Waals surface area contributed by atoms with E-state index in [9.17, 15) is 4.79 Å². The van der Waals surface area contributed by atoms with E-state index >= 15 is 0 Å². The van der Waals surface area contributed by atoms with Crippen molar-refractivity contribution in [2.45, 2.75) is 39.7 Å². The number of piperidine rings is 1. The molecule has 1 fully saturated rings. The van der Waals surface area contributed by atoms with Crippen LogP contribution in [0.25, 0.3) is 0 Å². The van der Waals surface area contributed by atoms with E-state index in [1.807, 2.05) is 11.8 Å². The van der Waals surface area contributed by atoms with Gasteiger partial charge in [-0.15, -0.1) is 0 Å². The number of nitrogens with two attached hydrogens (primary N) is 1. The van der Waals surface area contributed by atoms with Crippen LogP contribution in [-0.4, -0.2) is 29.9 Å². The third kappa shape index (κ3) is 2.47. The maximum atomic E-state index is 11.8. The van der Waals surface area contributed by atoms with Crippen LogP contribution in [0, 0.1) is 11.8 Å². The molecule has 3 atom stereocenters. The van der Waals surface area contributed by atoms with Crippen LogP contribution >= 0.6 is 0 Å². The van der Waals surface area contributed by atoms with Crippen LogP contribution in [0.4, 0.5) is 0 Å². The first-order chi connectivity index (χ1) is 6.56. The van der Waals surface area contributed by atoms with Crippen molar-refractivity contribution in [3.05, 3.63) is 0 Å². The average Bonchev–Trinajstić information content (AvgIpc) is 2.20. The average molecular weight is 198 g/mol. The molecule has 1 amide bonds. The first kappa shape index (κ1) is 11.5. The zero-order chi connectivity index (χ0) is 10.7. The Morgan fingerprint density at radius 3 is 2.64 bits per heavy atom. The van der Waals surface area contributed by atoms with Crippen LogP contribution in [0.15, 0.2) is 0 Å². The van der Waals surface area contributed by atoms with E-state index in [1.54, 1.807) is 0 Å². The fraction of sp³-hybridized carbons (Fsp3) is 0.909. The molecule has 0 aliphatic carbocycles. The van der Waals surface area contributed by atoms with Gasteiger partial charge in [-0.25, -0.2) is 0 Å². The summed E-state index contributed by atoms with van der Waals surface area (Å²) in [5, 5.41) is 0. The minimum atomic E-state index is -0.296. The molecule has 0 aromatic heterocycles. The summed E-state index contributed by atoms with van der Waals surface area (Å²) in [7, 11) is 0. The van der Waals surface area contributed by atoms with E-state index in [1.165, 1.54) is 0 Å². The Labute approximate surface area is 86.6 Å². The summed E-state index contributed by atoms with van der Waals surface area (Å²) in [6, 6.07) is -0.296. The Morgan fingerprint density at radius 1 is 1.50 bits per heavy atom. The van der Waals surface area contributed by atoms with Gasteiger partial charge >= 0.3 is 0 Å². The molecule has 0 bridgehead atoms. The van der Waals surface area contributed by atoms with Gasteiger partial charge in [-0.1, -0.05) is 20.8 Å². The Bertz CT molecular complexity index is 205. The summed E-state index contributed by atoms with van der Waals surface area (Å²) >= 11 is 0. The van der Waals surface area contributed by atoms with Crippen molar-refractivity contribution in [3.8, 4) is 0 Å². The number of amides is 1. The predicted octanol–water partition coefficient (Wildman–Crippen LogP) is 1.23. The summed E-state index contributed by atoms with van der Waals surface area (Å²) in [4.78, 5) is 13.7. The molecular formula is C11H22N2O. The minimum absolute atomic E-state index is 0.131. The molecule has 0 aromatic rings. The highest BCUT2D eigenvalue weighted by Gasteiger charge is 2.27. The van der Waals surface area contributed by atoms with E-state index in [0.29, 0.717) is 5.92 Å². The molecule has 1 aliphatic heterocycles. The van der Waals surface area contributed by atoms with Gasteiger partial charge in [0.05, 0.1) is 6.04 Å². The van der Waals surface area contributed by atoms with E-state index in [2.05, 4.69) is 13.8 Å². The first-order valence-corrected chi connectivity index (χ1v) is 5.60. The van der Waals surface area contributed by atoms with Crippen molar-refractivity contribution in [1.82, 2.24) is 4.90 Å². The van der Waals surface area contributed by atoms with Crippen molar-refractivity contribution in [2.75, 3.05) is 13.1 Å². The lowest BCUT2D eigenvalue weighted by Crippen LogP contribution is -2.49. The Balaban J connectivity index is 2.50. The molecule has 1 aliphatic rings. The van der Waals surface area contributed by atoms with Gasteiger partial charge in [0.2, 0.25) is 5.91 Å². The highest BCUT2D eigenvalue weighted by atomic mass is 16.2. The van der Waals surface area contributed by atoms with Gasteiger partial charge in [-0.3, -0.25) is 4.79 Å². The van der Waals surface area contributed by atoms with Crippen LogP contribution in [0.1, 0.15) is 33.6 Å². The highest BCUT2D eigenvalue weighted by Crippen LogP contribution is 2.22. The fourth-order valence-corrected chi connectivity index (χ4v) is 1.87. The topological polar surface area (TPSA) is 46.3 Å². The molecule has 3 heteroatoms. The van der Waals surface area contributed by atoms with Gasteiger partial charge in [0, 0.05) is 13.1 Å². The van der Waals surface area contributed by atoms with Gasteiger partial charge in [0.1, 0.15) is 0 Å². The lowest BCUT2D eigenvalue weighted by atomic mass is 9.88. The highest BCUT2D eigenvalue weighted by molar-refractivity contribution is 5.81. The monoisotopic (exact) mass is 198 g/mol. The second-order valence-electron chi connectivity index (χ2n) is 4.54. The number of hydrogen-bond donors (Lipinski definition) is 1. The summed E-state index contributed by atoms with van der Waals surface area (Å²) < 4.78 is 0. The predicted molar refractivity (Wildman–Crippen MR) is 57.8 cm³/mol. The standard InChI is InChI=1S/C11H22N2O/c1-4-10(12)11(14)13-6-5-8(2)9(3)7-13/h8-10H,4-7,12H2,1-3H3. The van der Waals surface area contributed by atoms with Gasteiger partial charge < -0.3 is 10.6 Å². The second kappa shape index (κ2) is 4.78. The van der Waals surface area contributed by atoms with Gasteiger partial charge in [0.25, 0.3) is 0 Å². The van der Waals surface area contributed by atoms with Crippen LogP contribution in [-0.2, 0) is 4.79 Å². The number of likely N-dealkylation sites (tertiary alicyclic amines) is 1. The lowest BCUT2D eigenvalue weighted by molar-refractivity contribution is -0.135. The number of carbonyl (C=O) groups excluding carboxylic acids is 1. The second-order valence-corrected chi connectivity index (χ2v) is 4.54. The molecule has 1 saturated heterocycles. The molecule has 0 aromatic carbocycles. The maximum absolute atomic E-state index is 11.8. The number of carbonyl (C=O) groups is 1. The van der Waals surface area contributed by atoms with Crippen LogP contribution in [0.3, 0.4) is 0 Å². The molecule has 2 N–H and O–H groups in total. The van der Waals surface area contributed by atoms with Crippen molar-refractivity contribution in [3.63, 3.8) is 0 Å². The number of hydrogen-bond acceptors (Lipinski definition) is 2. The van der Waals surface area contributed by atoms with Crippen molar-refractivity contribution < 1.29 is 4.79 Å². The third-order valence-electron chi connectivity index (χ3n) is 3.40. The molecule has 14 heavy (non-hydrogen) atoms. The summed E-state index contributed by atoms with van der Waals surface area (Å²) in [5.74, 6) is 1.47. The molecule has 3 nitrogen and oxygen atoms in total. The minimum Gasteiger partial charge on any atom is -0.341 e. The quantitative estimate of drug-likeness (QED) is 0.725. The Morgan fingerprint density at radius 2 is 2.14 bits per heavy atom. The Kier molecular flexibility index (Phi) is 3.93. The molecule has 1 heterocycles. The molecule has 0 spiro atoms. The molecular weight excluding hydrogens is 176 g/mol. The third-order valence-corrected chi connectivity index (χ3v) is 3.40. The summed E-state index contributed by atoms with van der Waals surface area (Å²) in [6.07, 6.45) is 1.85. The fourth-order valence-electron chi connectivity index (χ4n) is 1.87. The molecule has 3 unspecified atom stereocenters. The van der Waals surface area contributed by atoms with E-state index < -0.39 is 0 Å². The van der Waals surface area contributed by atoms with Gasteiger partial charge in [-0.2, -0.15) is 0 Å². The van der Waals surface area contributed by atoms with Gasteiger partial charge in [0.15, 0.2) is 0 Å². The Hall–Kier alpha value is -0.570. The zero-order valence-corrected chi connectivity index (χ0v) is 9.49. The number of rotatable bonds is 2. The summed E-state index contributed by atoms with van der Waals surface area (Å²) in [6.45, 7) is 8.19. The zero-order valence-electron chi connectivity index (χ0n) is 9.49. The summed E-state index contributed by atoms with van der Waals surface area (Å²) in [5.41, 5.74) is 5.74.